The van der Waals surface area contributed by atoms with Crippen LogP contribution in [-0.2, 0) is 14.8 Å². The summed E-state index contributed by atoms with van der Waals surface area (Å²) < 4.78 is 61.4. The number of rotatable bonds is 5. The topological polar surface area (TPSA) is 111 Å². The fourth-order valence-electron chi connectivity index (χ4n) is 1.75. The number of aromatic nitrogens is 1. The van der Waals surface area contributed by atoms with Gasteiger partial charge in [-0.05, 0) is 12.1 Å². The Morgan fingerprint density at radius 1 is 1.12 bits per heavy atom. The number of carbonyl (C=O) groups is 1. The molecule has 1 aromatic carbocycles. The van der Waals surface area contributed by atoms with E-state index in [1.807, 2.05) is 0 Å². The minimum Gasteiger partial charge on any atom is -0.234 e. The van der Waals surface area contributed by atoms with E-state index in [0.29, 0.717) is 4.73 Å². The highest BCUT2D eigenvalue weighted by atomic mass is 32.2. The number of sulfonamides is 1. The van der Waals surface area contributed by atoms with Crippen molar-refractivity contribution in [1.29, 1.82) is 0 Å². The SMILES string of the molecule is O=C(O[n+]1ccc(N([N+](=O)[O-])S(=O)(=O)c2ccccc2)cc1)C(F)(F)F. The number of hydrogen-bond acceptors (Lipinski definition) is 6. The summed E-state index contributed by atoms with van der Waals surface area (Å²) in [6.07, 6.45) is -3.80. The Labute approximate surface area is 144 Å². The summed E-state index contributed by atoms with van der Waals surface area (Å²) >= 11 is 0. The minimum absolute atomic E-state index is 0.155. The van der Waals surface area contributed by atoms with E-state index >= 15 is 0 Å². The lowest BCUT2D eigenvalue weighted by Gasteiger charge is -2.13. The van der Waals surface area contributed by atoms with E-state index in [9.17, 15) is 36.5 Å². The van der Waals surface area contributed by atoms with Crippen molar-refractivity contribution in [3.8, 4) is 0 Å². The number of hydrazine groups is 1. The molecule has 13 heteroatoms. The Bertz CT molecular complexity index is 916. The minimum atomic E-state index is -5.24. The van der Waals surface area contributed by atoms with Gasteiger partial charge in [-0.1, -0.05) is 18.2 Å². The first-order valence-electron chi connectivity index (χ1n) is 6.59. The van der Waals surface area contributed by atoms with Crippen molar-refractivity contribution in [3.63, 3.8) is 0 Å². The molecule has 0 spiro atoms. The van der Waals surface area contributed by atoms with Gasteiger partial charge in [-0.15, -0.1) is 0 Å². The van der Waals surface area contributed by atoms with Crippen molar-refractivity contribution in [1.82, 2.24) is 0 Å². The van der Waals surface area contributed by atoms with Gasteiger partial charge in [0.25, 0.3) is 0 Å². The van der Waals surface area contributed by atoms with Gasteiger partial charge in [-0.25, -0.2) is 14.9 Å². The number of nitrogens with zero attached hydrogens (tertiary/aromatic N) is 3. The molecule has 0 atom stereocenters. The lowest BCUT2D eigenvalue weighted by Crippen LogP contribution is -2.50. The molecule has 0 unspecified atom stereocenters. The first-order chi connectivity index (χ1) is 12.0. The van der Waals surface area contributed by atoms with Crippen molar-refractivity contribution >= 4 is 21.7 Å². The number of alkyl halides is 3. The van der Waals surface area contributed by atoms with Crippen LogP contribution in [0.2, 0.25) is 0 Å². The number of pyridine rings is 1. The summed E-state index contributed by atoms with van der Waals surface area (Å²) in [4.78, 5) is 25.5. The van der Waals surface area contributed by atoms with Gasteiger partial charge in [0.05, 0.1) is 4.90 Å². The van der Waals surface area contributed by atoms with Crippen molar-refractivity contribution < 1.29 is 41.0 Å². The maximum absolute atomic E-state index is 12.4. The molecule has 9 nitrogen and oxygen atoms in total. The van der Waals surface area contributed by atoms with Crippen molar-refractivity contribution in [2.24, 2.45) is 0 Å². The Hall–Kier alpha value is -3.22. The van der Waals surface area contributed by atoms with E-state index in [1.54, 1.807) is 0 Å². The van der Waals surface area contributed by atoms with E-state index in [1.165, 1.54) is 18.2 Å². The molecule has 0 radical (unpaired) electrons. The molecule has 0 amide bonds. The van der Waals surface area contributed by atoms with Gasteiger partial charge in [0.2, 0.25) is 12.4 Å². The van der Waals surface area contributed by atoms with Gasteiger partial charge in [-0.3, -0.25) is 0 Å². The Kier molecular flexibility index (Phi) is 5.11. The second-order valence-corrected chi connectivity index (χ2v) is 6.36. The molecule has 26 heavy (non-hydrogen) atoms. The van der Waals surface area contributed by atoms with E-state index < -0.39 is 32.9 Å². The van der Waals surface area contributed by atoms with Gasteiger partial charge in [-0.2, -0.15) is 26.4 Å². The van der Waals surface area contributed by atoms with Crippen LogP contribution in [0.15, 0.2) is 59.8 Å². The number of halogens is 3. The number of anilines is 1. The van der Waals surface area contributed by atoms with Crippen molar-refractivity contribution in [2.75, 3.05) is 4.41 Å². The van der Waals surface area contributed by atoms with Crippen molar-refractivity contribution in [3.05, 3.63) is 65.0 Å². The summed E-state index contributed by atoms with van der Waals surface area (Å²) in [6, 6.07) is 8.11. The van der Waals surface area contributed by atoms with Crippen LogP contribution in [-0.4, -0.2) is 25.6 Å². The first kappa shape index (κ1) is 19.1. The predicted molar refractivity (Wildman–Crippen MR) is 77.4 cm³/mol. The van der Waals surface area contributed by atoms with Gasteiger partial charge in [0.15, 0.2) is 5.03 Å². The molecule has 2 aromatic rings. The van der Waals surface area contributed by atoms with Crippen LogP contribution >= 0.6 is 0 Å². The summed E-state index contributed by atoms with van der Waals surface area (Å²) in [7, 11) is -4.58. The average Bonchev–Trinajstić information content (AvgIpc) is 2.56. The highest BCUT2D eigenvalue weighted by Gasteiger charge is 2.45. The standard InChI is InChI=1S/C13H9F3N3O6S/c14-13(15,16)12(20)25-17-8-6-10(7-9-17)18(19(21)22)26(23,24)11-4-2-1-3-5-11/h1-9H/q+1. The lowest BCUT2D eigenvalue weighted by atomic mass is 10.4. The van der Waals surface area contributed by atoms with E-state index in [-0.39, 0.29) is 9.31 Å². The third-order valence-electron chi connectivity index (χ3n) is 2.84. The summed E-state index contributed by atoms with van der Waals surface area (Å²) in [5.41, 5.74) is -0.488. The van der Waals surface area contributed by atoms with Gasteiger partial charge >= 0.3 is 22.2 Å². The third kappa shape index (κ3) is 4.05. The highest BCUT2D eigenvalue weighted by molar-refractivity contribution is 7.92. The molecule has 1 aromatic heterocycles. The Morgan fingerprint density at radius 3 is 2.12 bits per heavy atom. The van der Waals surface area contributed by atoms with Crippen LogP contribution in [0.4, 0.5) is 18.9 Å². The Morgan fingerprint density at radius 2 is 1.65 bits per heavy atom. The van der Waals surface area contributed by atoms with E-state index in [2.05, 4.69) is 4.84 Å². The predicted octanol–water partition coefficient (Wildman–Crippen LogP) is 0.879. The van der Waals surface area contributed by atoms with Gasteiger partial charge in [0.1, 0.15) is 5.69 Å². The van der Waals surface area contributed by atoms with Crippen LogP contribution in [0.1, 0.15) is 0 Å². The number of benzene rings is 1. The molecular formula is C13H9F3N3O6S+. The second kappa shape index (κ2) is 6.95. The number of carbonyl (C=O) groups excluding carboxylic acids is 1. The number of hydrogen-bond donors (Lipinski definition) is 0. The zero-order valence-electron chi connectivity index (χ0n) is 12.5. The molecule has 1 heterocycles. The molecule has 0 bridgehead atoms. The number of nitro groups is 1. The second-order valence-electron chi connectivity index (χ2n) is 4.59. The molecule has 0 N–H and O–H groups in total. The maximum atomic E-state index is 12.4. The average molecular weight is 392 g/mol. The normalized spacial score (nSPS) is 11.7. The van der Waals surface area contributed by atoms with Crippen LogP contribution in [0.25, 0.3) is 0 Å². The largest absolute Gasteiger partial charge is 0.498 e. The molecule has 0 fully saturated rings. The highest BCUT2D eigenvalue weighted by Crippen LogP contribution is 2.22. The van der Waals surface area contributed by atoms with Gasteiger partial charge in [0, 0.05) is 21.3 Å². The zero-order chi connectivity index (χ0) is 19.5. The summed E-state index contributed by atoms with van der Waals surface area (Å²) in [5, 5.41) is 10.0. The molecule has 0 saturated heterocycles. The van der Waals surface area contributed by atoms with Crippen LogP contribution in [0.5, 0.6) is 0 Å². The molecule has 2 rings (SSSR count). The summed E-state index contributed by atoms with van der Waals surface area (Å²) in [5.74, 6) is -2.52. The van der Waals surface area contributed by atoms with E-state index in [0.717, 1.165) is 36.7 Å². The molecule has 0 aliphatic rings. The monoisotopic (exact) mass is 392 g/mol. The maximum Gasteiger partial charge on any atom is 0.498 e. The van der Waals surface area contributed by atoms with E-state index in [4.69, 9.17) is 0 Å². The lowest BCUT2D eigenvalue weighted by molar-refractivity contribution is -0.870. The van der Waals surface area contributed by atoms with Crippen molar-refractivity contribution in [2.45, 2.75) is 11.1 Å². The van der Waals surface area contributed by atoms with Crippen LogP contribution in [0.3, 0.4) is 0 Å². The Balaban J connectivity index is 2.35. The fourth-order valence-corrected chi connectivity index (χ4v) is 3.03. The van der Waals surface area contributed by atoms with Crippen LogP contribution in [0, 0.1) is 10.1 Å². The summed E-state index contributed by atoms with van der Waals surface area (Å²) in [6.45, 7) is 0. The molecule has 0 aliphatic heterocycles. The first-order valence-corrected chi connectivity index (χ1v) is 8.03. The molecule has 138 valence electrons. The molecule has 0 saturated carbocycles. The molecule has 0 aliphatic carbocycles. The molecular weight excluding hydrogens is 383 g/mol. The zero-order valence-corrected chi connectivity index (χ0v) is 13.3. The smallest absolute Gasteiger partial charge is 0.234 e. The third-order valence-corrected chi connectivity index (χ3v) is 4.51. The fraction of sp³-hybridized carbons (Fsp3) is 0.0769. The quantitative estimate of drug-likeness (QED) is 0.424. The van der Waals surface area contributed by atoms with Gasteiger partial charge < -0.3 is 0 Å². The van der Waals surface area contributed by atoms with Crippen LogP contribution < -0.4 is 14.0 Å².